The predicted octanol–water partition coefficient (Wildman–Crippen LogP) is 2.54. The average Bonchev–Trinajstić information content (AvgIpc) is 2.33. The molecule has 0 saturated carbocycles. The summed E-state index contributed by atoms with van der Waals surface area (Å²) in [5.74, 6) is 0.0546. The van der Waals surface area contributed by atoms with Gasteiger partial charge >= 0.3 is 0 Å². The molecule has 2 rings (SSSR count). The van der Waals surface area contributed by atoms with Gasteiger partial charge < -0.3 is 5.32 Å². The molecule has 0 aliphatic carbocycles. The molecule has 2 aromatic rings. The van der Waals surface area contributed by atoms with Crippen molar-refractivity contribution in [1.29, 1.82) is 0 Å². The predicted molar refractivity (Wildman–Crippen MR) is 66.9 cm³/mol. The van der Waals surface area contributed by atoms with Crippen LogP contribution in [0.15, 0.2) is 35.2 Å². The van der Waals surface area contributed by atoms with E-state index in [1.807, 2.05) is 0 Å². The molecule has 7 heteroatoms. The van der Waals surface area contributed by atoms with Crippen molar-refractivity contribution in [1.82, 2.24) is 15.0 Å². The highest BCUT2D eigenvalue weighted by Gasteiger charge is 2.08. The van der Waals surface area contributed by atoms with Crippen LogP contribution in [-0.4, -0.2) is 20.9 Å². The first-order chi connectivity index (χ1) is 8.15. The van der Waals surface area contributed by atoms with Crippen molar-refractivity contribution in [3.63, 3.8) is 0 Å². The molecule has 0 atom stereocenters. The maximum Gasteiger partial charge on any atom is 0.277 e. The quantitative estimate of drug-likeness (QED) is 0.925. The Morgan fingerprint density at radius 1 is 1.18 bits per heavy atom. The number of halogens is 2. The van der Waals surface area contributed by atoms with Crippen LogP contribution < -0.4 is 5.32 Å². The highest BCUT2D eigenvalue weighted by molar-refractivity contribution is 9.10. The van der Waals surface area contributed by atoms with Crippen molar-refractivity contribution >= 4 is 39.3 Å². The lowest BCUT2D eigenvalue weighted by molar-refractivity contribution is 0.102. The Morgan fingerprint density at radius 2 is 2.00 bits per heavy atom. The zero-order valence-corrected chi connectivity index (χ0v) is 10.7. The number of pyridine rings is 1. The number of carbonyl (C=O) groups is 1. The first-order valence-corrected chi connectivity index (χ1v) is 5.73. The summed E-state index contributed by atoms with van der Waals surface area (Å²) in [5.41, 5.74) is 0.180. The van der Waals surface area contributed by atoms with Crippen LogP contribution in [0.4, 0.5) is 5.82 Å². The van der Waals surface area contributed by atoms with Crippen LogP contribution in [0, 0.1) is 0 Å². The van der Waals surface area contributed by atoms with Gasteiger partial charge in [-0.2, -0.15) is 0 Å². The zero-order valence-electron chi connectivity index (χ0n) is 8.39. The van der Waals surface area contributed by atoms with Gasteiger partial charge in [-0.3, -0.25) is 4.79 Å². The first kappa shape index (κ1) is 11.9. The van der Waals surface area contributed by atoms with Crippen molar-refractivity contribution in [3.05, 3.63) is 46.0 Å². The molecule has 86 valence electrons. The first-order valence-electron chi connectivity index (χ1n) is 4.55. The van der Waals surface area contributed by atoms with Crippen molar-refractivity contribution in [2.75, 3.05) is 5.32 Å². The number of anilines is 1. The Labute approximate surface area is 110 Å². The minimum atomic E-state index is -0.385. The van der Waals surface area contributed by atoms with E-state index in [1.165, 1.54) is 12.4 Å². The summed E-state index contributed by atoms with van der Waals surface area (Å²) in [4.78, 5) is 23.3. The molecule has 0 aromatic carbocycles. The monoisotopic (exact) mass is 312 g/mol. The molecule has 0 unspecified atom stereocenters. The second-order valence-corrected chi connectivity index (χ2v) is 4.34. The molecule has 17 heavy (non-hydrogen) atoms. The van der Waals surface area contributed by atoms with E-state index >= 15 is 0 Å². The van der Waals surface area contributed by atoms with Gasteiger partial charge in [0.2, 0.25) is 0 Å². The minimum absolute atomic E-state index is 0.180. The normalized spacial score (nSPS) is 10.0. The summed E-state index contributed by atoms with van der Waals surface area (Å²) < 4.78 is 0.835. The highest BCUT2D eigenvalue weighted by atomic mass is 79.9. The molecule has 1 N–H and O–H groups in total. The average molecular weight is 314 g/mol. The van der Waals surface area contributed by atoms with Gasteiger partial charge in [-0.25, -0.2) is 15.0 Å². The molecule has 1 amide bonds. The largest absolute Gasteiger partial charge is 0.305 e. The van der Waals surface area contributed by atoms with Gasteiger partial charge in [0.1, 0.15) is 16.7 Å². The number of hydrogen-bond acceptors (Lipinski definition) is 4. The molecule has 0 aliphatic rings. The van der Waals surface area contributed by atoms with E-state index < -0.39 is 0 Å². The number of nitrogens with one attached hydrogen (secondary N) is 1. The van der Waals surface area contributed by atoms with Gasteiger partial charge in [0.05, 0.1) is 12.4 Å². The number of amides is 1. The van der Waals surface area contributed by atoms with E-state index in [4.69, 9.17) is 11.6 Å². The Bertz CT molecular complexity index is 529. The third kappa shape index (κ3) is 3.21. The van der Waals surface area contributed by atoms with Gasteiger partial charge in [-0.05, 0) is 28.1 Å². The van der Waals surface area contributed by atoms with E-state index in [0.29, 0.717) is 5.82 Å². The number of hydrogen-bond donors (Lipinski definition) is 1. The van der Waals surface area contributed by atoms with Gasteiger partial charge in [0, 0.05) is 10.7 Å². The zero-order chi connectivity index (χ0) is 12.3. The Balaban J connectivity index is 2.11. The Morgan fingerprint density at radius 3 is 2.59 bits per heavy atom. The molecule has 0 bridgehead atoms. The SMILES string of the molecule is O=C(Nc1ccc(Br)cn1)c1cnc(Cl)cn1. The maximum atomic E-state index is 11.7. The van der Waals surface area contributed by atoms with E-state index in [0.717, 1.165) is 4.47 Å². The molecule has 0 fully saturated rings. The number of rotatable bonds is 2. The second kappa shape index (κ2) is 5.20. The number of nitrogens with zero attached hydrogens (tertiary/aromatic N) is 3. The van der Waals surface area contributed by atoms with Crippen LogP contribution in [0.2, 0.25) is 5.15 Å². The van der Waals surface area contributed by atoms with Crippen molar-refractivity contribution in [2.24, 2.45) is 0 Å². The fraction of sp³-hybridized carbons (Fsp3) is 0. The summed E-state index contributed by atoms with van der Waals surface area (Å²) in [7, 11) is 0. The molecule has 0 saturated heterocycles. The third-order valence-corrected chi connectivity index (χ3v) is 2.49. The summed E-state index contributed by atoms with van der Waals surface area (Å²) >= 11 is 8.82. The third-order valence-electron chi connectivity index (χ3n) is 1.82. The Hall–Kier alpha value is -1.53. The standard InChI is InChI=1S/C10H6BrClN4O/c11-6-1-2-9(15-3-6)16-10(17)7-4-14-8(12)5-13-7/h1-5H,(H,15,16,17). The molecule has 2 aromatic heterocycles. The second-order valence-electron chi connectivity index (χ2n) is 3.04. The lowest BCUT2D eigenvalue weighted by Crippen LogP contribution is -2.14. The van der Waals surface area contributed by atoms with Gasteiger partial charge in [0.25, 0.3) is 5.91 Å². The highest BCUT2D eigenvalue weighted by Crippen LogP contribution is 2.11. The van der Waals surface area contributed by atoms with Crippen LogP contribution >= 0.6 is 27.5 Å². The van der Waals surface area contributed by atoms with Crippen molar-refractivity contribution in [2.45, 2.75) is 0 Å². The van der Waals surface area contributed by atoms with E-state index in [2.05, 4.69) is 36.2 Å². The fourth-order valence-corrected chi connectivity index (χ4v) is 1.39. The van der Waals surface area contributed by atoms with Gasteiger partial charge in [-0.15, -0.1) is 0 Å². The van der Waals surface area contributed by atoms with E-state index in [-0.39, 0.29) is 16.8 Å². The van der Waals surface area contributed by atoms with Crippen molar-refractivity contribution < 1.29 is 4.79 Å². The summed E-state index contributed by atoms with van der Waals surface area (Å²) in [6, 6.07) is 3.45. The topological polar surface area (TPSA) is 67.8 Å². The number of aromatic nitrogens is 3. The van der Waals surface area contributed by atoms with Crippen LogP contribution in [0.3, 0.4) is 0 Å². The maximum absolute atomic E-state index is 11.7. The minimum Gasteiger partial charge on any atom is -0.305 e. The van der Waals surface area contributed by atoms with Crippen molar-refractivity contribution in [3.8, 4) is 0 Å². The summed E-state index contributed by atoms with van der Waals surface area (Å²) in [5, 5.41) is 2.83. The molecular weight excluding hydrogens is 307 g/mol. The van der Waals surface area contributed by atoms with Gasteiger partial charge in [-0.1, -0.05) is 11.6 Å². The molecule has 0 radical (unpaired) electrons. The molecule has 0 spiro atoms. The van der Waals surface area contributed by atoms with Crippen LogP contribution in [-0.2, 0) is 0 Å². The number of carbonyl (C=O) groups excluding carboxylic acids is 1. The summed E-state index contributed by atoms with van der Waals surface area (Å²) in [6.45, 7) is 0. The van der Waals surface area contributed by atoms with Gasteiger partial charge in [0.15, 0.2) is 0 Å². The molecule has 2 heterocycles. The van der Waals surface area contributed by atoms with Crippen LogP contribution in [0.1, 0.15) is 10.5 Å². The van der Waals surface area contributed by atoms with E-state index in [1.54, 1.807) is 18.3 Å². The molecule has 5 nitrogen and oxygen atoms in total. The fourth-order valence-electron chi connectivity index (χ4n) is 1.06. The lowest BCUT2D eigenvalue weighted by Gasteiger charge is -2.03. The lowest BCUT2D eigenvalue weighted by atomic mass is 10.4. The Kier molecular flexibility index (Phi) is 3.65. The smallest absolute Gasteiger partial charge is 0.277 e. The summed E-state index contributed by atoms with van der Waals surface area (Å²) in [6.07, 6.45) is 4.20. The van der Waals surface area contributed by atoms with Crippen LogP contribution in [0.5, 0.6) is 0 Å². The van der Waals surface area contributed by atoms with E-state index in [9.17, 15) is 4.79 Å². The molecular formula is C10H6BrClN4O. The van der Waals surface area contributed by atoms with Crippen LogP contribution in [0.25, 0.3) is 0 Å². The molecule has 0 aliphatic heterocycles.